The Bertz CT molecular complexity index is 7100. The minimum Gasteiger partial charge on any atom is -0.457 e. The minimum absolute atomic E-state index is 0. The summed E-state index contributed by atoms with van der Waals surface area (Å²) in [5.41, 5.74) is 12.8. The summed E-state index contributed by atoms with van der Waals surface area (Å²) in [5, 5.41) is 9.95. The van der Waals surface area contributed by atoms with Crippen molar-refractivity contribution in [2.45, 2.75) is 12.8 Å². The first-order valence-corrected chi connectivity index (χ1v) is 41.1. The Labute approximate surface area is 666 Å². The van der Waals surface area contributed by atoms with Gasteiger partial charge in [0.05, 0.1) is 50.3 Å². The fourth-order valence-electron chi connectivity index (χ4n) is 16.9. The molecule has 2 atom stereocenters. The maximum absolute atomic E-state index is 16.4. The minimum atomic E-state index is -3.44. The molecule has 11 nitrogen and oxygen atoms in total. The second-order valence-corrected chi connectivity index (χ2v) is 34.3. The van der Waals surface area contributed by atoms with E-state index in [2.05, 4.69) is 105 Å². The zero-order chi connectivity index (χ0) is 74.8. The van der Waals surface area contributed by atoms with Crippen molar-refractivity contribution < 1.29 is 36.6 Å². The van der Waals surface area contributed by atoms with Crippen LogP contribution in [0.5, 0.6) is 34.5 Å². The number of para-hydroxylation sites is 12. The number of hydrogen-bond acceptors (Lipinski definition) is 11. The zero-order valence-corrected chi connectivity index (χ0v) is 63.5. The van der Waals surface area contributed by atoms with Gasteiger partial charge in [-0.15, -0.1) is 0 Å². The van der Waals surface area contributed by atoms with Crippen molar-refractivity contribution in [3.8, 4) is 34.5 Å². The van der Waals surface area contributed by atoms with Gasteiger partial charge in [-0.2, -0.15) is 0 Å². The first-order valence-electron chi connectivity index (χ1n) is 36.9. The van der Waals surface area contributed by atoms with Crippen LogP contribution in [0.15, 0.2) is 393 Å². The topological polar surface area (TPSA) is 125 Å². The number of nitrogens with zero attached hydrogens (tertiary/aromatic N) is 2. The van der Waals surface area contributed by atoms with Gasteiger partial charge in [0.25, 0.3) is 0 Å². The van der Waals surface area contributed by atoms with Crippen LogP contribution < -0.4 is 61.3 Å². The molecular formula is C99H65BBrN2O9P2. The second-order valence-electron chi connectivity index (χ2n) is 28.0. The fourth-order valence-corrected chi connectivity index (χ4v) is 23.9. The fraction of sp³-hybridized carbons (Fsp3) is 0.0202. The number of anilines is 6. The smallest absolute Gasteiger partial charge is 0.200 e. The van der Waals surface area contributed by atoms with Crippen molar-refractivity contribution in [2.75, 3.05) is 9.80 Å². The lowest BCUT2D eigenvalue weighted by Crippen LogP contribution is -2.48. The first kappa shape index (κ1) is 70.9. The normalized spacial score (nSPS) is 15.1. The Hall–Kier alpha value is -13.4. The van der Waals surface area contributed by atoms with Crippen molar-refractivity contribution in [1.82, 2.24) is 0 Å². The van der Waals surface area contributed by atoms with Crippen molar-refractivity contribution in [1.29, 1.82) is 0 Å². The van der Waals surface area contributed by atoms with Crippen LogP contribution in [0.4, 0.5) is 34.1 Å². The molecule has 0 saturated heterocycles. The molecule has 0 N–H and O–H groups in total. The molecule has 15 heteroatoms. The average molecular weight is 1580 g/mol. The summed E-state index contributed by atoms with van der Waals surface area (Å²) in [6, 6.07) is 122. The van der Waals surface area contributed by atoms with Gasteiger partial charge in [-0.1, -0.05) is 244 Å². The number of benzene rings is 16. The number of halogens is 1. The molecule has 114 heavy (non-hydrogen) atoms. The third-order valence-electron chi connectivity index (χ3n) is 21.9. The summed E-state index contributed by atoms with van der Waals surface area (Å²) in [5.74, 6) is 4.61. The third kappa shape index (κ3) is 11.0. The molecule has 2 unspecified atom stereocenters. The Kier molecular flexibility index (Phi) is 17.5. The standard InChI is InChI=1S/C49H30NO4P.C25H15NO3.C24H16BrO2P.CH4.B/c51-55(32-14-2-1-3-15-32)47-25-13-6-18-37(47)49(38-29-34-33-16-4-9-21-41(33)52-45(34)30-48(38)55)35-17-5-10-22-42(35)53-46-28-31(26-27-36(46)49)50-39-19-7-11-23-43(39)54-44-24-12-8-20-40(44)50;27-25-17-7-1-4-10-21(17)28-24-15-16(13-14-18(24)25)26-19-8-2-5-11-22(19)29-23-12-6-3-9-20(23)26;25-21-15-20-19-13-7-8-14-22(19)27-23(20)16-24(21)28(26,17-9-3-1-4-10-17)18-11-5-2-6-12-18;;/h1-30H;1-15H;1-16H;1H4;. The molecule has 3 aromatic heterocycles. The quantitative estimate of drug-likeness (QED) is 0.0897. The lowest BCUT2D eigenvalue weighted by Gasteiger charge is -2.47. The first-order chi connectivity index (χ1) is 55.1. The molecule has 3 radical (unpaired) electrons. The number of furan rings is 2. The highest BCUT2D eigenvalue weighted by Crippen LogP contribution is 2.64. The maximum Gasteiger partial charge on any atom is 0.200 e. The van der Waals surface area contributed by atoms with Gasteiger partial charge in [0.1, 0.15) is 45.0 Å². The molecule has 16 aromatic carbocycles. The van der Waals surface area contributed by atoms with E-state index in [-0.39, 0.29) is 21.3 Å². The summed E-state index contributed by atoms with van der Waals surface area (Å²) in [6.45, 7) is 0. The van der Waals surface area contributed by atoms with Gasteiger partial charge in [0.2, 0.25) is 5.43 Å². The molecular weight excluding hydrogens is 1510 g/mol. The summed E-state index contributed by atoms with van der Waals surface area (Å²) < 4.78 is 69.9. The van der Waals surface area contributed by atoms with Gasteiger partial charge < -0.3 is 46.4 Å². The van der Waals surface area contributed by atoms with Gasteiger partial charge in [-0.05, 0) is 148 Å². The van der Waals surface area contributed by atoms with E-state index in [1.807, 2.05) is 285 Å². The molecule has 0 fully saturated rings. The second kappa shape index (κ2) is 28.1. The average Bonchev–Trinajstić information content (AvgIpc) is 0.901. The van der Waals surface area contributed by atoms with Crippen LogP contribution in [0.3, 0.4) is 0 Å². The van der Waals surface area contributed by atoms with Gasteiger partial charge >= 0.3 is 0 Å². The Morgan fingerprint density at radius 1 is 0.316 bits per heavy atom. The summed E-state index contributed by atoms with van der Waals surface area (Å²) >= 11 is 3.70. The Balaban J connectivity index is 0.000000125. The molecule has 0 bridgehead atoms. The molecule has 4 aliphatic rings. The summed E-state index contributed by atoms with van der Waals surface area (Å²) in [4.78, 5) is 17.2. The molecule has 545 valence electrons. The zero-order valence-electron chi connectivity index (χ0n) is 60.1. The van der Waals surface area contributed by atoms with Crippen molar-refractivity contribution in [3.05, 3.63) is 407 Å². The lowest BCUT2D eigenvalue weighted by atomic mass is 9.63. The largest absolute Gasteiger partial charge is 0.457 e. The Morgan fingerprint density at radius 3 is 1.27 bits per heavy atom. The van der Waals surface area contributed by atoms with Crippen molar-refractivity contribution >= 4 is 170 Å². The third-order valence-corrected chi connectivity index (χ3v) is 29.1. The highest BCUT2D eigenvalue weighted by molar-refractivity contribution is 9.10. The van der Waals surface area contributed by atoms with E-state index in [1.54, 1.807) is 6.07 Å². The van der Waals surface area contributed by atoms with Crippen LogP contribution in [0.2, 0.25) is 0 Å². The molecule has 7 heterocycles. The molecule has 1 spiro atoms. The molecule has 0 aliphatic carbocycles. The van der Waals surface area contributed by atoms with Crippen LogP contribution in [0.1, 0.15) is 29.7 Å². The molecule has 19 aromatic rings. The number of fused-ring (bicyclic) bond motifs is 20. The number of rotatable bonds is 6. The van der Waals surface area contributed by atoms with E-state index >= 15 is 4.57 Å². The monoisotopic (exact) mass is 1580 g/mol. The van der Waals surface area contributed by atoms with Crippen molar-refractivity contribution in [3.63, 3.8) is 0 Å². The van der Waals surface area contributed by atoms with Crippen LogP contribution in [-0.4, -0.2) is 8.41 Å². The highest BCUT2D eigenvalue weighted by atomic mass is 79.9. The van der Waals surface area contributed by atoms with E-state index in [0.717, 1.165) is 165 Å². The predicted molar refractivity (Wildman–Crippen MR) is 468 cm³/mol. The van der Waals surface area contributed by atoms with E-state index in [9.17, 15) is 9.36 Å². The molecule has 4 aliphatic heterocycles. The van der Waals surface area contributed by atoms with Crippen LogP contribution >= 0.6 is 30.2 Å². The van der Waals surface area contributed by atoms with Gasteiger partial charge in [0, 0.05) is 89.5 Å². The summed E-state index contributed by atoms with van der Waals surface area (Å²) in [7, 11) is -6.51. The van der Waals surface area contributed by atoms with Crippen molar-refractivity contribution in [2.24, 2.45) is 0 Å². The molecule has 0 amide bonds. The lowest BCUT2D eigenvalue weighted by molar-refractivity contribution is 0.435. The van der Waals surface area contributed by atoms with E-state index in [4.69, 9.17) is 27.5 Å². The predicted octanol–water partition coefficient (Wildman–Crippen LogP) is 24.4. The molecule has 23 rings (SSSR count). The number of hydrogen-bond donors (Lipinski definition) is 0. The van der Waals surface area contributed by atoms with E-state index < -0.39 is 19.7 Å². The van der Waals surface area contributed by atoms with E-state index in [1.165, 1.54) is 0 Å². The Morgan fingerprint density at radius 2 is 0.711 bits per heavy atom. The SMILES string of the molecule is C.O=P(c1ccccc1)(c1ccccc1)c1cc2oc3ccccc3c2cc1Br.O=P1(c2ccccc2)c2ccccc2C2(c3ccccc3Oc3cc(N4c5ccccc5Oc5ccccc54)ccc32)c2cc3c(cc21)oc1ccccc13.O=c1c2ccccc2oc2cc(N3c4ccccc4Oc4ccccc43)ccc12.[B]. The number of ether oxygens (including phenoxy) is 3. The maximum atomic E-state index is 16.4. The van der Waals surface area contributed by atoms with Crippen LogP contribution in [-0.2, 0) is 14.5 Å². The van der Waals surface area contributed by atoms with Gasteiger partial charge in [-0.3, -0.25) is 4.79 Å². The van der Waals surface area contributed by atoms with E-state index in [0.29, 0.717) is 27.5 Å². The van der Waals surface area contributed by atoms with Crippen LogP contribution in [0.25, 0.3) is 65.8 Å². The highest BCUT2D eigenvalue weighted by Gasteiger charge is 2.55. The van der Waals surface area contributed by atoms with Crippen LogP contribution in [0, 0.1) is 0 Å². The summed E-state index contributed by atoms with van der Waals surface area (Å²) in [6.07, 6.45) is 0. The van der Waals surface area contributed by atoms with Gasteiger partial charge in [0.15, 0.2) is 37.3 Å². The van der Waals surface area contributed by atoms with Gasteiger partial charge in [-0.25, -0.2) is 0 Å². The molecule has 0 saturated carbocycles.